The van der Waals surface area contributed by atoms with E-state index in [1.807, 2.05) is 30.3 Å². The zero-order valence-corrected chi connectivity index (χ0v) is 7.93. The predicted molar refractivity (Wildman–Crippen MR) is 51.8 cm³/mol. The van der Waals surface area contributed by atoms with Crippen LogP contribution in [-0.4, -0.2) is 30.5 Å². The van der Waals surface area contributed by atoms with E-state index in [0.29, 0.717) is 13.2 Å². The Morgan fingerprint density at radius 3 is 2.64 bits per heavy atom. The molecule has 0 unspecified atom stereocenters. The Hall–Kier alpha value is -0.900. The second-order valence-corrected chi connectivity index (χ2v) is 3.40. The molecule has 1 fully saturated rings. The fraction of sp³-hybridized carbons (Fsp3) is 0.455. The van der Waals surface area contributed by atoms with Crippen LogP contribution >= 0.6 is 0 Å². The number of aliphatic hydroxyl groups is 1. The largest absolute Gasteiger partial charge is 0.394 e. The molecule has 0 aromatic heterocycles. The highest BCUT2D eigenvalue weighted by Gasteiger charge is 2.37. The predicted octanol–water partition coefficient (Wildman–Crippen LogP) is 0.963. The Morgan fingerprint density at radius 1 is 1.21 bits per heavy atom. The summed E-state index contributed by atoms with van der Waals surface area (Å²) in [5.41, 5.74) is 1.16. The van der Waals surface area contributed by atoms with Crippen molar-refractivity contribution in [1.82, 2.24) is 0 Å². The molecule has 1 aromatic carbocycles. The van der Waals surface area contributed by atoms with Crippen LogP contribution in [0.15, 0.2) is 30.3 Å². The van der Waals surface area contributed by atoms with Gasteiger partial charge in [-0.3, -0.25) is 0 Å². The molecule has 1 saturated heterocycles. The van der Waals surface area contributed by atoms with Gasteiger partial charge in [0, 0.05) is 0 Å². The van der Waals surface area contributed by atoms with Crippen LogP contribution in [0.5, 0.6) is 0 Å². The van der Waals surface area contributed by atoms with E-state index in [2.05, 4.69) is 0 Å². The molecule has 0 bridgehead atoms. The Balaban J connectivity index is 1.64. The number of epoxide rings is 1. The van der Waals surface area contributed by atoms with E-state index in [1.165, 1.54) is 0 Å². The lowest BCUT2D eigenvalue weighted by Gasteiger charge is -2.01. The number of aliphatic hydroxyl groups excluding tert-OH is 1. The van der Waals surface area contributed by atoms with Crippen molar-refractivity contribution < 1.29 is 14.6 Å². The van der Waals surface area contributed by atoms with Crippen molar-refractivity contribution in [1.29, 1.82) is 0 Å². The highest BCUT2D eigenvalue weighted by Crippen LogP contribution is 2.21. The minimum absolute atomic E-state index is 0.00535. The highest BCUT2D eigenvalue weighted by atomic mass is 16.6. The van der Waals surface area contributed by atoms with Gasteiger partial charge in [0.15, 0.2) is 0 Å². The lowest BCUT2D eigenvalue weighted by Crippen LogP contribution is -2.07. The minimum Gasteiger partial charge on any atom is -0.394 e. The molecule has 1 aromatic rings. The zero-order chi connectivity index (χ0) is 9.80. The van der Waals surface area contributed by atoms with E-state index in [4.69, 9.17) is 14.6 Å². The van der Waals surface area contributed by atoms with Gasteiger partial charge in [0.2, 0.25) is 0 Å². The van der Waals surface area contributed by atoms with Crippen molar-refractivity contribution >= 4 is 0 Å². The summed E-state index contributed by atoms with van der Waals surface area (Å²) in [6.07, 6.45) is 0.106. The molecule has 3 nitrogen and oxygen atoms in total. The molecule has 2 rings (SSSR count). The fourth-order valence-corrected chi connectivity index (χ4v) is 1.35. The third kappa shape index (κ3) is 2.54. The first-order valence-electron chi connectivity index (χ1n) is 4.78. The van der Waals surface area contributed by atoms with Crippen LogP contribution in [0.3, 0.4) is 0 Å². The second-order valence-electron chi connectivity index (χ2n) is 3.40. The van der Waals surface area contributed by atoms with Crippen LogP contribution in [0.25, 0.3) is 0 Å². The van der Waals surface area contributed by atoms with Gasteiger partial charge in [-0.25, -0.2) is 0 Å². The van der Waals surface area contributed by atoms with Gasteiger partial charge in [0.25, 0.3) is 0 Å². The van der Waals surface area contributed by atoms with Crippen LogP contribution in [0.2, 0.25) is 0 Å². The molecule has 1 aliphatic heterocycles. The molecular weight excluding hydrogens is 180 g/mol. The van der Waals surface area contributed by atoms with Crippen LogP contribution in [-0.2, 0) is 16.1 Å². The van der Waals surface area contributed by atoms with Crippen molar-refractivity contribution in [3.05, 3.63) is 35.9 Å². The maximum atomic E-state index is 8.71. The van der Waals surface area contributed by atoms with Crippen molar-refractivity contribution in [3.8, 4) is 0 Å². The summed E-state index contributed by atoms with van der Waals surface area (Å²) in [7, 11) is 0. The standard InChI is InChI=1S/C11H14O3/c12-6-10-11(14-10)8-13-7-9-4-2-1-3-5-9/h1-5,10-12H,6-8H2/t10-,11+/m1/s1. The molecule has 0 radical (unpaired) electrons. The monoisotopic (exact) mass is 194 g/mol. The fourth-order valence-electron chi connectivity index (χ4n) is 1.35. The molecule has 76 valence electrons. The highest BCUT2D eigenvalue weighted by molar-refractivity contribution is 5.13. The molecule has 14 heavy (non-hydrogen) atoms. The first-order valence-corrected chi connectivity index (χ1v) is 4.78. The normalized spacial score (nSPS) is 24.9. The third-order valence-electron chi connectivity index (χ3n) is 2.26. The molecule has 0 aliphatic carbocycles. The van der Waals surface area contributed by atoms with E-state index >= 15 is 0 Å². The van der Waals surface area contributed by atoms with Gasteiger partial charge in [-0.2, -0.15) is 0 Å². The lowest BCUT2D eigenvalue weighted by molar-refractivity contribution is 0.104. The number of benzene rings is 1. The van der Waals surface area contributed by atoms with Gasteiger partial charge in [-0.15, -0.1) is 0 Å². The van der Waals surface area contributed by atoms with Crippen molar-refractivity contribution in [2.24, 2.45) is 0 Å². The summed E-state index contributed by atoms with van der Waals surface area (Å²) in [6.45, 7) is 1.28. The van der Waals surface area contributed by atoms with Gasteiger partial charge < -0.3 is 14.6 Å². The smallest absolute Gasteiger partial charge is 0.110 e. The first kappa shape index (κ1) is 9.65. The van der Waals surface area contributed by atoms with Crippen LogP contribution in [0, 0.1) is 0 Å². The van der Waals surface area contributed by atoms with E-state index in [1.54, 1.807) is 0 Å². The van der Waals surface area contributed by atoms with E-state index in [9.17, 15) is 0 Å². The van der Waals surface area contributed by atoms with Crippen LogP contribution < -0.4 is 0 Å². The maximum Gasteiger partial charge on any atom is 0.110 e. The Labute approximate surface area is 83.3 Å². The van der Waals surface area contributed by atoms with Gasteiger partial charge in [0.1, 0.15) is 12.2 Å². The number of hydrogen-bond acceptors (Lipinski definition) is 3. The summed E-state index contributed by atoms with van der Waals surface area (Å²) in [4.78, 5) is 0. The quantitative estimate of drug-likeness (QED) is 0.710. The second kappa shape index (κ2) is 4.55. The molecule has 1 N–H and O–H groups in total. The SMILES string of the molecule is OC[C@H]1O[C@H]1COCc1ccccc1. The summed E-state index contributed by atoms with van der Waals surface area (Å²) in [5, 5.41) is 8.71. The van der Waals surface area contributed by atoms with E-state index in [0.717, 1.165) is 5.56 Å². The number of rotatable bonds is 5. The molecule has 0 saturated carbocycles. The molecular formula is C11H14O3. The van der Waals surface area contributed by atoms with Crippen LogP contribution in [0.1, 0.15) is 5.56 Å². The average molecular weight is 194 g/mol. The Bertz CT molecular complexity index is 273. The third-order valence-corrected chi connectivity index (χ3v) is 2.26. The first-order chi connectivity index (χ1) is 6.90. The van der Waals surface area contributed by atoms with Crippen LogP contribution in [0.4, 0.5) is 0 Å². The van der Waals surface area contributed by atoms with Gasteiger partial charge >= 0.3 is 0 Å². The number of ether oxygens (including phenoxy) is 2. The van der Waals surface area contributed by atoms with Crippen molar-refractivity contribution in [3.63, 3.8) is 0 Å². The molecule has 2 atom stereocenters. The Morgan fingerprint density at radius 2 is 2.00 bits per heavy atom. The van der Waals surface area contributed by atoms with E-state index in [-0.39, 0.29) is 18.8 Å². The minimum atomic E-state index is 0.00535. The molecule has 0 amide bonds. The molecule has 1 aliphatic rings. The topological polar surface area (TPSA) is 42.0 Å². The van der Waals surface area contributed by atoms with Crippen molar-refractivity contribution in [2.45, 2.75) is 18.8 Å². The summed E-state index contributed by atoms with van der Waals surface area (Å²) >= 11 is 0. The summed E-state index contributed by atoms with van der Waals surface area (Å²) in [5.74, 6) is 0. The lowest BCUT2D eigenvalue weighted by atomic mass is 10.2. The summed E-state index contributed by atoms with van der Waals surface area (Å²) in [6, 6.07) is 10.0. The van der Waals surface area contributed by atoms with E-state index < -0.39 is 0 Å². The summed E-state index contributed by atoms with van der Waals surface area (Å²) < 4.78 is 10.6. The van der Waals surface area contributed by atoms with Gasteiger partial charge in [-0.1, -0.05) is 30.3 Å². The maximum absolute atomic E-state index is 8.71. The molecule has 1 heterocycles. The molecule has 3 heteroatoms. The average Bonchev–Trinajstić information content (AvgIpc) is 2.98. The number of hydrogen-bond donors (Lipinski definition) is 1. The Kier molecular flexibility index (Phi) is 3.14. The van der Waals surface area contributed by atoms with Crippen molar-refractivity contribution in [2.75, 3.05) is 13.2 Å². The molecule has 0 spiro atoms. The van der Waals surface area contributed by atoms with Gasteiger partial charge in [0.05, 0.1) is 19.8 Å². The zero-order valence-electron chi connectivity index (χ0n) is 7.93. The van der Waals surface area contributed by atoms with Gasteiger partial charge in [-0.05, 0) is 5.56 Å².